The summed E-state index contributed by atoms with van der Waals surface area (Å²) in [5.41, 5.74) is 8.01. The third-order valence-corrected chi connectivity index (χ3v) is 3.79. The minimum absolute atomic E-state index is 0.270. The van der Waals surface area contributed by atoms with E-state index in [0.717, 1.165) is 29.8 Å². The molecule has 2 aromatic rings. The van der Waals surface area contributed by atoms with Crippen molar-refractivity contribution in [3.05, 3.63) is 65.7 Å². The highest BCUT2D eigenvalue weighted by Gasteiger charge is 2.16. The first-order chi connectivity index (χ1) is 11.1. The monoisotopic (exact) mass is 314 g/mol. The van der Waals surface area contributed by atoms with Crippen molar-refractivity contribution in [2.24, 2.45) is 5.73 Å². The smallest absolute Gasteiger partial charge is 0.119 e. The maximum absolute atomic E-state index is 10.3. The molecule has 2 rings (SSSR count). The quantitative estimate of drug-likeness (QED) is 0.786. The highest BCUT2D eigenvalue weighted by atomic mass is 16.5. The van der Waals surface area contributed by atoms with Gasteiger partial charge in [0.15, 0.2) is 0 Å². The van der Waals surface area contributed by atoms with E-state index in [2.05, 4.69) is 4.90 Å². The van der Waals surface area contributed by atoms with Crippen molar-refractivity contribution < 1.29 is 9.84 Å². The van der Waals surface area contributed by atoms with Crippen molar-refractivity contribution in [1.29, 1.82) is 0 Å². The number of aliphatic hydroxyl groups excluding tert-OH is 1. The molecular formula is C19H26N2O2. The van der Waals surface area contributed by atoms with E-state index in [-0.39, 0.29) is 6.04 Å². The highest BCUT2D eigenvalue weighted by molar-refractivity contribution is 5.29. The molecule has 0 heterocycles. The van der Waals surface area contributed by atoms with Crippen LogP contribution in [0.2, 0.25) is 0 Å². The lowest BCUT2D eigenvalue weighted by atomic mass is 10.0. The molecule has 4 heteroatoms. The average molecular weight is 314 g/mol. The van der Waals surface area contributed by atoms with Gasteiger partial charge in [-0.1, -0.05) is 42.5 Å². The minimum atomic E-state index is -0.655. The molecule has 2 atom stereocenters. The van der Waals surface area contributed by atoms with Crippen molar-refractivity contribution in [3.63, 3.8) is 0 Å². The second kappa shape index (κ2) is 8.67. The molecule has 0 aliphatic rings. The van der Waals surface area contributed by atoms with E-state index >= 15 is 0 Å². The van der Waals surface area contributed by atoms with Crippen LogP contribution in [0.1, 0.15) is 23.7 Å². The van der Waals surface area contributed by atoms with E-state index in [1.165, 1.54) is 0 Å². The number of nitrogens with zero attached hydrogens (tertiary/aromatic N) is 1. The van der Waals surface area contributed by atoms with Gasteiger partial charge in [-0.2, -0.15) is 0 Å². The molecule has 3 N–H and O–H groups in total. The van der Waals surface area contributed by atoms with Crippen LogP contribution in [0.5, 0.6) is 5.75 Å². The van der Waals surface area contributed by atoms with Crippen LogP contribution in [0.3, 0.4) is 0 Å². The summed E-state index contributed by atoms with van der Waals surface area (Å²) in [7, 11) is 4.00. The topological polar surface area (TPSA) is 58.7 Å². The Morgan fingerprint density at radius 1 is 1.04 bits per heavy atom. The van der Waals surface area contributed by atoms with Crippen molar-refractivity contribution in [2.75, 3.05) is 20.6 Å². The van der Waals surface area contributed by atoms with E-state index < -0.39 is 6.10 Å². The van der Waals surface area contributed by atoms with Crippen molar-refractivity contribution >= 4 is 0 Å². The zero-order valence-electron chi connectivity index (χ0n) is 13.9. The fourth-order valence-corrected chi connectivity index (χ4v) is 2.31. The van der Waals surface area contributed by atoms with Gasteiger partial charge >= 0.3 is 0 Å². The number of aliphatic hydroxyl groups is 1. The van der Waals surface area contributed by atoms with E-state index in [1.807, 2.05) is 68.7 Å². The molecule has 0 saturated carbocycles. The molecule has 0 spiro atoms. The Balaban J connectivity index is 1.88. The molecule has 23 heavy (non-hydrogen) atoms. The van der Waals surface area contributed by atoms with Gasteiger partial charge in [0.2, 0.25) is 0 Å². The first-order valence-corrected chi connectivity index (χ1v) is 7.91. The van der Waals surface area contributed by atoms with Crippen molar-refractivity contribution in [3.8, 4) is 5.75 Å². The fraction of sp³-hybridized carbons (Fsp3) is 0.368. The Hall–Kier alpha value is -1.88. The molecule has 0 saturated heterocycles. The number of nitrogens with two attached hydrogens (primary N) is 1. The number of rotatable bonds is 8. The molecule has 0 fully saturated rings. The molecule has 0 aliphatic heterocycles. The summed E-state index contributed by atoms with van der Waals surface area (Å²) in [4.78, 5) is 2.06. The lowest BCUT2D eigenvalue weighted by molar-refractivity contribution is 0.137. The number of ether oxygens (including phenoxy) is 1. The highest BCUT2D eigenvalue weighted by Crippen LogP contribution is 2.21. The van der Waals surface area contributed by atoms with Crippen molar-refractivity contribution in [1.82, 2.24) is 4.90 Å². The molecule has 2 aromatic carbocycles. The van der Waals surface area contributed by atoms with Gasteiger partial charge in [-0.05, 0) is 50.3 Å². The van der Waals surface area contributed by atoms with Crippen LogP contribution in [0.4, 0.5) is 0 Å². The van der Waals surface area contributed by atoms with Gasteiger partial charge < -0.3 is 20.5 Å². The normalized spacial score (nSPS) is 13.8. The van der Waals surface area contributed by atoms with Crippen LogP contribution >= 0.6 is 0 Å². The predicted octanol–water partition coefficient (Wildman–Crippen LogP) is 2.58. The Morgan fingerprint density at radius 3 is 2.30 bits per heavy atom. The van der Waals surface area contributed by atoms with Gasteiger partial charge in [0.25, 0.3) is 0 Å². The Morgan fingerprint density at radius 2 is 1.70 bits per heavy atom. The van der Waals surface area contributed by atoms with Gasteiger partial charge in [-0.15, -0.1) is 0 Å². The second-order valence-electron chi connectivity index (χ2n) is 6.04. The first-order valence-electron chi connectivity index (χ1n) is 7.91. The van der Waals surface area contributed by atoms with Crippen LogP contribution in [0, 0.1) is 0 Å². The van der Waals surface area contributed by atoms with Gasteiger partial charge in [-0.3, -0.25) is 0 Å². The molecule has 0 radical (unpaired) electrons. The molecular weight excluding hydrogens is 288 g/mol. The fourth-order valence-electron chi connectivity index (χ4n) is 2.31. The third kappa shape index (κ3) is 5.67. The van der Waals surface area contributed by atoms with Crippen LogP contribution in [-0.4, -0.2) is 36.7 Å². The third-order valence-electron chi connectivity index (χ3n) is 3.79. The maximum atomic E-state index is 10.3. The van der Waals surface area contributed by atoms with Gasteiger partial charge in [-0.25, -0.2) is 0 Å². The molecule has 124 valence electrons. The Labute approximate surface area is 138 Å². The van der Waals surface area contributed by atoms with Gasteiger partial charge in [0.05, 0.1) is 6.10 Å². The van der Waals surface area contributed by atoms with E-state index in [1.54, 1.807) is 0 Å². The standard InChI is InChI=1S/C19H26N2O2/c1-21(2)13-12-18(20)19(22)16-8-10-17(11-9-16)23-14-15-6-4-3-5-7-15/h3-11,18-19,22H,12-14,20H2,1-2H3. The van der Waals surface area contributed by atoms with Crippen molar-refractivity contribution in [2.45, 2.75) is 25.2 Å². The Kier molecular flexibility index (Phi) is 6.59. The van der Waals surface area contributed by atoms with Crippen LogP contribution in [-0.2, 0) is 6.61 Å². The number of hydrogen-bond donors (Lipinski definition) is 2. The lowest BCUT2D eigenvalue weighted by Gasteiger charge is -2.21. The number of benzene rings is 2. The largest absolute Gasteiger partial charge is 0.489 e. The molecule has 2 unspecified atom stereocenters. The summed E-state index contributed by atoms with van der Waals surface area (Å²) in [6.45, 7) is 1.39. The van der Waals surface area contributed by atoms with Crippen LogP contribution in [0.25, 0.3) is 0 Å². The maximum Gasteiger partial charge on any atom is 0.119 e. The molecule has 0 amide bonds. The second-order valence-corrected chi connectivity index (χ2v) is 6.04. The van der Waals surface area contributed by atoms with E-state index in [0.29, 0.717) is 6.61 Å². The first kappa shape index (κ1) is 17.5. The zero-order chi connectivity index (χ0) is 16.7. The predicted molar refractivity (Wildman–Crippen MR) is 93.3 cm³/mol. The zero-order valence-corrected chi connectivity index (χ0v) is 13.9. The summed E-state index contributed by atoms with van der Waals surface area (Å²) >= 11 is 0. The summed E-state index contributed by atoms with van der Waals surface area (Å²) in [5.74, 6) is 0.784. The molecule has 4 nitrogen and oxygen atoms in total. The van der Waals surface area contributed by atoms with Crippen LogP contribution < -0.4 is 10.5 Å². The summed E-state index contributed by atoms with van der Waals surface area (Å²) in [6, 6.07) is 17.3. The summed E-state index contributed by atoms with van der Waals surface area (Å²) in [5, 5.41) is 10.3. The lowest BCUT2D eigenvalue weighted by Crippen LogP contribution is -2.32. The van der Waals surface area contributed by atoms with Crippen LogP contribution in [0.15, 0.2) is 54.6 Å². The van der Waals surface area contributed by atoms with Gasteiger partial charge in [0, 0.05) is 6.04 Å². The SMILES string of the molecule is CN(C)CCC(N)C(O)c1ccc(OCc2ccccc2)cc1. The minimum Gasteiger partial charge on any atom is -0.489 e. The number of hydrogen-bond acceptors (Lipinski definition) is 4. The van der Waals surface area contributed by atoms with Gasteiger partial charge in [0.1, 0.15) is 12.4 Å². The summed E-state index contributed by atoms with van der Waals surface area (Å²) < 4.78 is 5.75. The molecule has 0 aliphatic carbocycles. The average Bonchev–Trinajstić information content (AvgIpc) is 2.58. The van der Waals surface area contributed by atoms with E-state index in [9.17, 15) is 5.11 Å². The summed E-state index contributed by atoms with van der Waals surface area (Å²) in [6.07, 6.45) is 0.0959. The molecule has 0 aromatic heterocycles. The molecule has 0 bridgehead atoms. The van der Waals surface area contributed by atoms with E-state index in [4.69, 9.17) is 10.5 Å². The Bertz CT molecular complexity index is 570.